The van der Waals surface area contributed by atoms with E-state index in [1.165, 1.54) is 12.8 Å². The normalized spacial score (nSPS) is 16.1. The van der Waals surface area contributed by atoms with Gasteiger partial charge in [-0.3, -0.25) is 0 Å². The van der Waals surface area contributed by atoms with Gasteiger partial charge >= 0.3 is 0 Å². The smallest absolute Gasteiger partial charge is 0.176 e. The van der Waals surface area contributed by atoms with Gasteiger partial charge < -0.3 is 5.32 Å². The molecule has 5 nitrogen and oxygen atoms in total. The maximum absolute atomic E-state index is 4.41. The molecule has 2 aromatic heterocycles. The monoisotopic (exact) mass is 289 g/mol. The Morgan fingerprint density at radius 1 is 1.30 bits per heavy atom. The Morgan fingerprint density at radius 2 is 2.10 bits per heavy atom. The number of hydrogen-bond acceptors (Lipinski definition) is 5. The molecule has 1 aliphatic rings. The molecule has 0 bridgehead atoms. The van der Waals surface area contributed by atoms with Crippen LogP contribution in [0.1, 0.15) is 24.2 Å². The molecule has 0 spiro atoms. The maximum atomic E-state index is 4.41. The van der Waals surface area contributed by atoms with E-state index in [1.807, 2.05) is 48.5 Å². The van der Waals surface area contributed by atoms with Crippen molar-refractivity contribution >= 4 is 17.6 Å². The van der Waals surface area contributed by atoms with E-state index in [-0.39, 0.29) is 0 Å². The third-order valence-electron chi connectivity index (χ3n) is 3.71. The van der Waals surface area contributed by atoms with Crippen molar-refractivity contribution in [3.8, 4) is 5.82 Å². The number of aryl methyl sites for hydroxylation is 2. The average Bonchev–Trinajstić information content (AvgIpc) is 3.16. The molecule has 6 heteroatoms. The third kappa shape index (κ3) is 2.65. The van der Waals surface area contributed by atoms with Crippen LogP contribution in [-0.4, -0.2) is 37.5 Å². The van der Waals surface area contributed by atoms with Gasteiger partial charge in [-0.2, -0.15) is 16.9 Å². The van der Waals surface area contributed by atoms with Crippen molar-refractivity contribution in [1.82, 2.24) is 20.0 Å². The predicted octanol–water partition coefficient (Wildman–Crippen LogP) is 2.59. The van der Waals surface area contributed by atoms with E-state index in [1.54, 1.807) is 0 Å². The topological polar surface area (TPSA) is 55.6 Å². The lowest BCUT2D eigenvalue weighted by Crippen LogP contribution is -2.18. The molecule has 106 valence electrons. The molecule has 1 aliphatic carbocycles. The highest BCUT2D eigenvalue weighted by Crippen LogP contribution is 2.46. The van der Waals surface area contributed by atoms with E-state index in [4.69, 9.17) is 0 Å². The van der Waals surface area contributed by atoms with Crippen molar-refractivity contribution in [2.75, 3.05) is 18.1 Å². The van der Waals surface area contributed by atoms with Gasteiger partial charge in [-0.05, 0) is 51.1 Å². The summed E-state index contributed by atoms with van der Waals surface area (Å²) in [7, 11) is 0. The lowest BCUT2D eigenvalue weighted by Gasteiger charge is -2.13. The van der Waals surface area contributed by atoms with Crippen LogP contribution < -0.4 is 5.32 Å². The van der Waals surface area contributed by atoms with Crippen molar-refractivity contribution in [2.45, 2.75) is 31.4 Å². The Kier molecular flexibility index (Phi) is 3.41. The Morgan fingerprint density at radius 3 is 2.60 bits per heavy atom. The number of hydrogen-bond donors (Lipinski definition) is 1. The van der Waals surface area contributed by atoms with Gasteiger partial charge in [0.05, 0.1) is 5.69 Å². The predicted molar refractivity (Wildman–Crippen MR) is 82.6 cm³/mol. The zero-order chi connectivity index (χ0) is 14.2. The number of nitrogens with zero attached hydrogens (tertiary/aromatic N) is 4. The molecule has 1 N–H and O–H groups in total. The van der Waals surface area contributed by atoms with Crippen LogP contribution in [-0.2, 0) is 0 Å². The largest absolute Gasteiger partial charge is 0.367 e. The average molecular weight is 289 g/mol. The van der Waals surface area contributed by atoms with Crippen molar-refractivity contribution in [2.24, 2.45) is 0 Å². The molecule has 0 amide bonds. The minimum absolute atomic E-state index is 0.427. The second kappa shape index (κ2) is 5.09. The molecule has 1 fully saturated rings. The zero-order valence-corrected chi connectivity index (χ0v) is 12.9. The lowest BCUT2D eigenvalue weighted by atomic mass is 10.4. The first-order chi connectivity index (χ1) is 9.62. The van der Waals surface area contributed by atoms with E-state index in [0.29, 0.717) is 4.75 Å². The molecule has 0 aliphatic heterocycles. The summed E-state index contributed by atoms with van der Waals surface area (Å²) in [5.74, 6) is 1.59. The van der Waals surface area contributed by atoms with E-state index in [2.05, 4.69) is 26.9 Å². The van der Waals surface area contributed by atoms with Crippen molar-refractivity contribution in [3.63, 3.8) is 0 Å². The number of nitrogens with one attached hydrogen (secondary N) is 1. The van der Waals surface area contributed by atoms with Crippen molar-refractivity contribution in [1.29, 1.82) is 0 Å². The molecule has 0 radical (unpaired) electrons. The maximum Gasteiger partial charge on any atom is 0.176 e. The van der Waals surface area contributed by atoms with Crippen LogP contribution >= 0.6 is 11.8 Å². The van der Waals surface area contributed by atoms with Crippen molar-refractivity contribution in [3.05, 3.63) is 29.6 Å². The highest BCUT2D eigenvalue weighted by molar-refractivity contribution is 8.00. The van der Waals surface area contributed by atoms with Gasteiger partial charge in [-0.25, -0.2) is 4.68 Å². The van der Waals surface area contributed by atoms with Crippen LogP contribution in [0.3, 0.4) is 0 Å². The SMILES string of the molecule is CSC1(CNc2ccc(-n3nc(C)cc3C)nn2)CC1. The van der Waals surface area contributed by atoms with Crippen LogP contribution in [0.4, 0.5) is 5.82 Å². The third-order valence-corrected chi connectivity index (χ3v) is 5.13. The summed E-state index contributed by atoms with van der Waals surface area (Å²) >= 11 is 1.94. The second-order valence-electron chi connectivity index (χ2n) is 5.36. The first-order valence-electron chi connectivity index (χ1n) is 6.78. The van der Waals surface area contributed by atoms with Crippen LogP contribution in [0, 0.1) is 13.8 Å². The fraction of sp³-hybridized carbons (Fsp3) is 0.500. The van der Waals surface area contributed by atoms with Crippen molar-refractivity contribution < 1.29 is 0 Å². The minimum atomic E-state index is 0.427. The van der Waals surface area contributed by atoms with E-state index < -0.39 is 0 Å². The summed E-state index contributed by atoms with van der Waals surface area (Å²) in [6.07, 6.45) is 4.75. The van der Waals surface area contributed by atoms with Crippen LogP contribution in [0.15, 0.2) is 18.2 Å². The molecule has 0 atom stereocenters. The van der Waals surface area contributed by atoms with Gasteiger partial charge in [-0.15, -0.1) is 10.2 Å². The van der Waals surface area contributed by atoms with Gasteiger partial charge in [0.2, 0.25) is 0 Å². The molecule has 20 heavy (non-hydrogen) atoms. The second-order valence-corrected chi connectivity index (χ2v) is 6.63. The van der Waals surface area contributed by atoms with Crippen LogP contribution in [0.25, 0.3) is 5.82 Å². The molecular weight excluding hydrogens is 270 g/mol. The number of rotatable bonds is 5. The summed E-state index contributed by atoms with van der Waals surface area (Å²) in [6.45, 7) is 4.95. The molecule has 0 saturated heterocycles. The van der Waals surface area contributed by atoms with E-state index in [0.717, 1.165) is 29.6 Å². The zero-order valence-electron chi connectivity index (χ0n) is 12.1. The van der Waals surface area contributed by atoms with Gasteiger partial charge in [0.25, 0.3) is 0 Å². The Balaban J connectivity index is 1.70. The van der Waals surface area contributed by atoms with Crippen LogP contribution in [0.2, 0.25) is 0 Å². The molecular formula is C14H19N5S. The number of thioether (sulfide) groups is 1. The molecule has 2 aromatic rings. The Bertz CT molecular complexity index is 601. The quantitative estimate of drug-likeness (QED) is 0.917. The molecule has 1 saturated carbocycles. The Hall–Kier alpha value is -1.56. The van der Waals surface area contributed by atoms with Gasteiger partial charge in [-0.1, -0.05) is 0 Å². The lowest BCUT2D eigenvalue weighted by molar-refractivity contribution is 0.781. The van der Waals surface area contributed by atoms with Gasteiger partial charge in [0, 0.05) is 17.0 Å². The first-order valence-corrected chi connectivity index (χ1v) is 8.01. The summed E-state index contributed by atoms with van der Waals surface area (Å²) < 4.78 is 2.24. The highest BCUT2D eigenvalue weighted by Gasteiger charge is 2.41. The fourth-order valence-corrected chi connectivity index (χ4v) is 2.96. The summed E-state index contributed by atoms with van der Waals surface area (Å²) in [5, 5.41) is 16.3. The molecule has 2 heterocycles. The fourth-order valence-electron chi connectivity index (χ4n) is 2.24. The molecule has 0 aromatic carbocycles. The summed E-state index contributed by atoms with van der Waals surface area (Å²) in [4.78, 5) is 0. The van der Waals surface area contributed by atoms with E-state index >= 15 is 0 Å². The van der Waals surface area contributed by atoms with Gasteiger partial charge in [0.15, 0.2) is 5.82 Å². The number of aromatic nitrogens is 4. The summed E-state index contributed by atoms with van der Waals surface area (Å²) in [6, 6.07) is 5.95. The van der Waals surface area contributed by atoms with E-state index in [9.17, 15) is 0 Å². The van der Waals surface area contributed by atoms with Gasteiger partial charge in [0.1, 0.15) is 5.82 Å². The standard InChI is InChI=1S/C14H19N5S/c1-10-8-11(2)19(18-10)13-5-4-12(16-17-13)15-9-14(20-3)6-7-14/h4-5,8H,6-7,9H2,1-3H3,(H,15,16). The summed E-state index contributed by atoms with van der Waals surface area (Å²) in [5.41, 5.74) is 2.05. The number of anilines is 1. The molecule has 3 rings (SSSR count). The molecule has 0 unspecified atom stereocenters. The first kappa shape index (κ1) is 13.4. The highest BCUT2D eigenvalue weighted by atomic mass is 32.2. The minimum Gasteiger partial charge on any atom is -0.367 e. The Labute approximate surface area is 123 Å². The van der Waals surface area contributed by atoms with Crippen LogP contribution in [0.5, 0.6) is 0 Å².